The maximum absolute atomic E-state index is 2.47. The summed E-state index contributed by atoms with van der Waals surface area (Å²) in [6.07, 6.45) is 5.02. The fourth-order valence-electron chi connectivity index (χ4n) is 3.61. The summed E-state index contributed by atoms with van der Waals surface area (Å²) >= 11 is 1.95. The van der Waals surface area contributed by atoms with E-state index in [9.17, 15) is 0 Å². The first-order valence-corrected chi connectivity index (χ1v) is 8.78. The lowest BCUT2D eigenvalue weighted by atomic mass is 9.88. The van der Waals surface area contributed by atoms with E-state index in [1.807, 2.05) is 11.3 Å². The van der Waals surface area contributed by atoms with Gasteiger partial charge in [0.1, 0.15) is 0 Å². The van der Waals surface area contributed by atoms with Crippen LogP contribution < -0.4 is 0 Å². The highest BCUT2D eigenvalue weighted by Gasteiger charge is 2.16. The molecule has 1 aromatic heterocycles. The maximum Gasteiger partial charge on any atom is 0.0358 e. The molecule has 0 nitrogen and oxygen atoms in total. The van der Waals surface area contributed by atoms with Crippen LogP contribution in [0, 0.1) is 5.41 Å². The zero-order chi connectivity index (χ0) is 14.6. The smallest absolute Gasteiger partial charge is 0.0358 e. The summed E-state index contributed by atoms with van der Waals surface area (Å²) in [5.41, 5.74) is 4.99. The van der Waals surface area contributed by atoms with Crippen LogP contribution in [0.2, 0.25) is 0 Å². The molecule has 0 radical (unpaired) electrons. The largest absolute Gasteiger partial charge is 0.135 e. The predicted molar refractivity (Wildman–Crippen MR) is 94.5 cm³/mol. The van der Waals surface area contributed by atoms with Crippen LogP contribution >= 0.6 is 11.3 Å². The van der Waals surface area contributed by atoms with Gasteiger partial charge in [-0.2, -0.15) is 0 Å². The van der Waals surface area contributed by atoms with E-state index in [1.165, 1.54) is 45.0 Å². The van der Waals surface area contributed by atoms with Crippen LogP contribution in [0.5, 0.6) is 0 Å². The van der Waals surface area contributed by atoms with Gasteiger partial charge in [0.15, 0.2) is 0 Å². The summed E-state index contributed by atoms with van der Waals surface area (Å²) in [6, 6.07) is 12.0. The van der Waals surface area contributed by atoms with Gasteiger partial charge in [-0.25, -0.2) is 0 Å². The molecule has 1 aliphatic carbocycles. The molecule has 0 saturated heterocycles. The van der Waals surface area contributed by atoms with Crippen LogP contribution in [0.25, 0.3) is 20.2 Å². The van der Waals surface area contributed by atoms with Crippen molar-refractivity contribution in [2.45, 2.75) is 46.5 Å². The first-order chi connectivity index (χ1) is 9.99. The van der Waals surface area contributed by atoms with Crippen LogP contribution in [-0.4, -0.2) is 0 Å². The molecular weight excluding hydrogens is 272 g/mol. The fourth-order valence-corrected chi connectivity index (χ4v) is 4.75. The Morgan fingerprint density at radius 3 is 2.38 bits per heavy atom. The van der Waals surface area contributed by atoms with Gasteiger partial charge in [0.2, 0.25) is 0 Å². The molecule has 0 N–H and O–H groups in total. The summed E-state index contributed by atoms with van der Waals surface area (Å²) < 4.78 is 2.91. The van der Waals surface area contributed by atoms with Gasteiger partial charge in [-0.05, 0) is 72.1 Å². The minimum Gasteiger partial charge on any atom is -0.135 e. The first-order valence-electron chi connectivity index (χ1n) is 7.97. The number of hydrogen-bond donors (Lipinski definition) is 0. The number of benzene rings is 2. The Kier molecular flexibility index (Phi) is 2.91. The third-order valence-corrected chi connectivity index (χ3v) is 5.62. The van der Waals surface area contributed by atoms with Gasteiger partial charge in [0.25, 0.3) is 0 Å². The van der Waals surface area contributed by atoms with Gasteiger partial charge in [0, 0.05) is 20.2 Å². The van der Waals surface area contributed by atoms with E-state index in [0.717, 1.165) is 6.42 Å². The highest BCUT2D eigenvalue weighted by molar-refractivity contribution is 7.25. The van der Waals surface area contributed by atoms with Gasteiger partial charge >= 0.3 is 0 Å². The van der Waals surface area contributed by atoms with Crippen molar-refractivity contribution in [3.8, 4) is 0 Å². The standard InChI is InChI=1S/C20H22S/c1-20(2,3)12-13-7-8-18-16(9-13)17-10-14-5-4-6-15(14)11-19(17)21-18/h7-11H,4-6,12H2,1-3H3. The normalized spacial score (nSPS) is 15.0. The zero-order valence-electron chi connectivity index (χ0n) is 13.1. The predicted octanol–water partition coefficient (Wildman–Crippen LogP) is 6.13. The molecule has 1 heteroatoms. The Morgan fingerprint density at radius 2 is 1.62 bits per heavy atom. The Morgan fingerprint density at radius 1 is 0.905 bits per heavy atom. The second kappa shape index (κ2) is 4.58. The number of fused-ring (bicyclic) bond motifs is 4. The van der Waals surface area contributed by atoms with Crippen molar-refractivity contribution in [2.24, 2.45) is 5.41 Å². The van der Waals surface area contributed by atoms with Gasteiger partial charge in [0.05, 0.1) is 0 Å². The summed E-state index contributed by atoms with van der Waals surface area (Å²) in [7, 11) is 0. The lowest BCUT2D eigenvalue weighted by Crippen LogP contribution is -2.08. The average Bonchev–Trinajstić information content (AvgIpc) is 2.97. The lowest BCUT2D eigenvalue weighted by Gasteiger charge is -2.18. The fraction of sp³-hybridized carbons (Fsp3) is 0.400. The van der Waals surface area contributed by atoms with Crippen LogP contribution in [0.4, 0.5) is 0 Å². The monoisotopic (exact) mass is 294 g/mol. The van der Waals surface area contributed by atoms with E-state index in [4.69, 9.17) is 0 Å². The highest BCUT2D eigenvalue weighted by atomic mass is 32.1. The van der Waals surface area contributed by atoms with Crippen LogP contribution in [0.15, 0.2) is 30.3 Å². The summed E-state index contributed by atoms with van der Waals surface area (Å²) in [6.45, 7) is 6.95. The molecule has 2 aromatic carbocycles. The maximum atomic E-state index is 2.47. The molecule has 0 amide bonds. The second-order valence-electron chi connectivity index (χ2n) is 7.64. The molecule has 0 atom stereocenters. The molecule has 0 aliphatic heterocycles. The Balaban J connectivity index is 1.91. The molecule has 0 bridgehead atoms. The molecule has 1 aliphatic rings. The van der Waals surface area contributed by atoms with E-state index in [2.05, 4.69) is 51.1 Å². The third kappa shape index (κ3) is 2.38. The summed E-state index contributed by atoms with van der Waals surface area (Å²) in [4.78, 5) is 0. The lowest BCUT2D eigenvalue weighted by molar-refractivity contribution is 0.411. The first kappa shape index (κ1) is 13.3. The van der Waals surface area contributed by atoms with Gasteiger partial charge in [-0.1, -0.05) is 26.8 Å². The SMILES string of the molecule is CC(C)(C)Cc1ccc2sc3cc4c(cc3c2c1)CCC4. The second-order valence-corrected chi connectivity index (χ2v) is 8.72. The summed E-state index contributed by atoms with van der Waals surface area (Å²) in [5.74, 6) is 0. The molecule has 0 fully saturated rings. The quantitative estimate of drug-likeness (QED) is 0.506. The Labute approximate surface area is 130 Å². The van der Waals surface area contributed by atoms with Crippen LogP contribution in [0.3, 0.4) is 0 Å². The highest BCUT2D eigenvalue weighted by Crippen LogP contribution is 2.38. The number of aryl methyl sites for hydroxylation is 2. The van der Waals surface area contributed by atoms with E-state index in [0.29, 0.717) is 5.41 Å². The molecule has 108 valence electrons. The minimum atomic E-state index is 0.348. The molecule has 0 unspecified atom stereocenters. The van der Waals surface area contributed by atoms with Crippen molar-refractivity contribution in [1.29, 1.82) is 0 Å². The Bertz CT molecular complexity index is 830. The van der Waals surface area contributed by atoms with Gasteiger partial charge < -0.3 is 0 Å². The number of hydrogen-bond acceptors (Lipinski definition) is 1. The molecule has 3 aromatic rings. The van der Waals surface area contributed by atoms with E-state index >= 15 is 0 Å². The van der Waals surface area contributed by atoms with Crippen molar-refractivity contribution in [1.82, 2.24) is 0 Å². The molecule has 21 heavy (non-hydrogen) atoms. The van der Waals surface area contributed by atoms with Crippen molar-refractivity contribution in [3.05, 3.63) is 47.0 Å². The number of rotatable bonds is 1. The zero-order valence-corrected chi connectivity index (χ0v) is 13.9. The topological polar surface area (TPSA) is 0 Å². The van der Waals surface area contributed by atoms with Crippen LogP contribution in [-0.2, 0) is 19.3 Å². The molecule has 0 spiro atoms. The van der Waals surface area contributed by atoms with Crippen LogP contribution in [0.1, 0.15) is 43.9 Å². The van der Waals surface area contributed by atoms with E-state index in [-0.39, 0.29) is 0 Å². The average molecular weight is 294 g/mol. The van der Waals surface area contributed by atoms with Crippen molar-refractivity contribution < 1.29 is 0 Å². The summed E-state index contributed by atoms with van der Waals surface area (Å²) in [5, 5.41) is 2.94. The van der Waals surface area contributed by atoms with E-state index in [1.54, 1.807) is 11.1 Å². The van der Waals surface area contributed by atoms with Crippen molar-refractivity contribution in [3.63, 3.8) is 0 Å². The minimum absolute atomic E-state index is 0.348. The van der Waals surface area contributed by atoms with Gasteiger partial charge in [-0.3, -0.25) is 0 Å². The Hall–Kier alpha value is -1.34. The van der Waals surface area contributed by atoms with E-state index < -0.39 is 0 Å². The molecule has 1 heterocycles. The number of thiophene rings is 1. The van der Waals surface area contributed by atoms with Crippen molar-refractivity contribution >= 4 is 31.5 Å². The van der Waals surface area contributed by atoms with Crippen molar-refractivity contribution in [2.75, 3.05) is 0 Å². The molecular formula is C20H22S. The molecule has 4 rings (SSSR count). The molecule has 0 saturated carbocycles. The van der Waals surface area contributed by atoms with Gasteiger partial charge in [-0.15, -0.1) is 11.3 Å². The third-order valence-electron chi connectivity index (χ3n) is 4.48.